The molecular weight excluding hydrogens is 316 g/mol. The molecule has 2 atom stereocenters. The van der Waals surface area contributed by atoms with Gasteiger partial charge in [-0.05, 0) is 19.4 Å². The van der Waals surface area contributed by atoms with Crippen LogP contribution < -0.4 is 0 Å². The molecule has 0 N–H and O–H groups in total. The molecule has 0 aliphatic heterocycles. The van der Waals surface area contributed by atoms with E-state index in [-0.39, 0.29) is 11.0 Å². The van der Waals surface area contributed by atoms with E-state index in [1.165, 1.54) is 0 Å². The summed E-state index contributed by atoms with van der Waals surface area (Å²) in [6.07, 6.45) is 0.229. The average molecular weight is 330 g/mol. The molecule has 1 aromatic rings. The molecule has 120 valence electrons. The Morgan fingerprint density at radius 3 is 2.45 bits per heavy atom. The maximum absolute atomic E-state index is 12.1. The van der Waals surface area contributed by atoms with Crippen LogP contribution in [0.1, 0.15) is 20.3 Å². The molecule has 1 rings (SSSR count). The highest BCUT2D eigenvalue weighted by Crippen LogP contribution is 2.27. The number of carbonyl (C=O) groups is 1. The molecule has 9 nitrogen and oxygen atoms in total. The van der Waals surface area contributed by atoms with Crippen LogP contribution >= 0.6 is 0 Å². The molecule has 0 aromatic heterocycles. The molecule has 10 heteroatoms. The van der Waals surface area contributed by atoms with E-state index in [0.29, 0.717) is 12.5 Å². The summed E-state index contributed by atoms with van der Waals surface area (Å²) in [5.74, 6) is -1.30. The summed E-state index contributed by atoms with van der Waals surface area (Å²) in [6, 6.07) is 2.73. The summed E-state index contributed by atoms with van der Waals surface area (Å²) in [4.78, 5) is 31.2. The van der Waals surface area contributed by atoms with Crippen molar-refractivity contribution in [1.29, 1.82) is 0 Å². The molecule has 0 aliphatic rings. The zero-order chi connectivity index (χ0) is 16.9. The highest BCUT2D eigenvalue weighted by Gasteiger charge is 2.25. The van der Waals surface area contributed by atoms with Crippen LogP contribution in [0.2, 0.25) is 0 Å². The lowest BCUT2D eigenvalue weighted by atomic mass is 10.3. The van der Waals surface area contributed by atoms with E-state index in [1.807, 2.05) is 0 Å². The SMILES string of the molecule is CC[C@H](C)OC(=O)C[S@@](=O)c1ccc([N+](=O)[O-])cc1[N+](=O)[O-]. The van der Waals surface area contributed by atoms with Gasteiger partial charge in [-0.25, -0.2) is 0 Å². The number of esters is 1. The largest absolute Gasteiger partial charge is 0.462 e. The monoisotopic (exact) mass is 330 g/mol. The number of hydrogen-bond donors (Lipinski definition) is 0. The van der Waals surface area contributed by atoms with Crippen LogP contribution in [0.3, 0.4) is 0 Å². The smallest absolute Gasteiger partial charge is 0.319 e. The van der Waals surface area contributed by atoms with Gasteiger partial charge in [0.25, 0.3) is 11.4 Å². The number of non-ortho nitro benzene ring substituents is 1. The number of nitro groups is 2. The molecule has 0 aliphatic carbocycles. The predicted molar refractivity (Wildman–Crippen MR) is 76.9 cm³/mol. The number of nitrogens with zero attached hydrogens (tertiary/aromatic N) is 2. The van der Waals surface area contributed by atoms with Crippen LogP contribution in [0.4, 0.5) is 11.4 Å². The Hall–Kier alpha value is -2.36. The number of hydrogen-bond acceptors (Lipinski definition) is 7. The van der Waals surface area contributed by atoms with E-state index < -0.39 is 43.7 Å². The highest BCUT2D eigenvalue weighted by atomic mass is 32.2. The highest BCUT2D eigenvalue weighted by molar-refractivity contribution is 7.85. The van der Waals surface area contributed by atoms with Gasteiger partial charge in [0.2, 0.25) is 0 Å². The third-order valence-electron chi connectivity index (χ3n) is 2.75. The van der Waals surface area contributed by atoms with E-state index in [4.69, 9.17) is 4.74 Å². The Balaban J connectivity index is 3.00. The van der Waals surface area contributed by atoms with E-state index in [9.17, 15) is 29.2 Å². The van der Waals surface area contributed by atoms with Gasteiger partial charge in [0.15, 0.2) is 0 Å². The molecule has 0 bridgehead atoms. The fourth-order valence-electron chi connectivity index (χ4n) is 1.48. The van der Waals surface area contributed by atoms with Gasteiger partial charge < -0.3 is 4.74 Å². The van der Waals surface area contributed by atoms with Crippen LogP contribution in [0.5, 0.6) is 0 Å². The first-order valence-electron chi connectivity index (χ1n) is 6.27. The topological polar surface area (TPSA) is 130 Å². The van der Waals surface area contributed by atoms with Crippen LogP contribution in [0, 0.1) is 20.2 Å². The molecule has 0 saturated heterocycles. The summed E-state index contributed by atoms with van der Waals surface area (Å²) < 4.78 is 17.0. The lowest BCUT2D eigenvalue weighted by Crippen LogP contribution is -2.20. The molecule has 1 aromatic carbocycles. The van der Waals surface area contributed by atoms with Crippen molar-refractivity contribution >= 4 is 28.1 Å². The van der Waals surface area contributed by atoms with Crippen molar-refractivity contribution in [2.75, 3.05) is 5.75 Å². The summed E-state index contributed by atoms with van der Waals surface area (Å²) >= 11 is 0. The molecular formula is C12H14N2O7S. The van der Waals surface area contributed by atoms with Gasteiger partial charge >= 0.3 is 5.97 Å². The summed E-state index contributed by atoms with van der Waals surface area (Å²) in [7, 11) is -2.02. The van der Waals surface area contributed by atoms with Crippen molar-refractivity contribution in [1.82, 2.24) is 0 Å². The minimum Gasteiger partial charge on any atom is -0.462 e. The first-order valence-corrected chi connectivity index (χ1v) is 7.58. The zero-order valence-corrected chi connectivity index (χ0v) is 12.7. The van der Waals surface area contributed by atoms with Crippen molar-refractivity contribution in [2.24, 2.45) is 0 Å². The van der Waals surface area contributed by atoms with Crippen LogP contribution in [-0.2, 0) is 20.3 Å². The van der Waals surface area contributed by atoms with Gasteiger partial charge in [0.05, 0.1) is 32.8 Å². The maximum atomic E-state index is 12.1. The van der Waals surface area contributed by atoms with Crippen LogP contribution in [-0.4, -0.2) is 31.9 Å². The minimum absolute atomic E-state index is 0.253. The quantitative estimate of drug-likeness (QED) is 0.424. The molecule has 0 heterocycles. The lowest BCUT2D eigenvalue weighted by Gasteiger charge is -2.10. The standard InChI is InChI=1S/C12H14N2O7S/c1-3-8(2)21-12(15)7-22(20)11-5-4-9(13(16)17)6-10(11)14(18)19/h4-6,8H,3,7H2,1-2H3/t8-,22+/m0/s1. The van der Waals surface area contributed by atoms with E-state index in [2.05, 4.69) is 0 Å². The normalized spacial score (nSPS) is 13.2. The Morgan fingerprint density at radius 2 is 1.95 bits per heavy atom. The molecule has 22 heavy (non-hydrogen) atoms. The molecule has 0 spiro atoms. The van der Waals surface area contributed by atoms with E-state index >= 15 is 0 Å². The molecule has 0 radical (unpaired) electrons. The third kappa shape index (κ3) is 4.58. The average Bonchev–Trinajstić information content (AvgIpc) is 2.45. The Kier molecular flexibility index (Phi) is 6.11. The van der Waals surface area contributed by atoms with Crippen LogP contribution in [0.25, 0.3) is 0 Å². The van der Waals surface area contributed by atoms with Crippen molar-refractivity contribution in [3.63, 3.8) is 0 Å². The van der Waals surface area contributed by atoms with Crippen molar-refractivity contribution in [3.05, 3.63) is 38.4 Å². The maximum Gasteiger partial charge on any atom is 0.319 e. The van der Waals surface area contributed by atoms with E-state index in [0.717, 1.165) is 12.1 Å². The fraction of sp³-hybridized carbons (Fsp3) is 0.417. The van der Waals surface area contributed by atoms with Crippen molar-refractivity contribution in [3.8, 4) is 0 Å². The predicted octanol–water partition coefficient (Wildman–Crippen LogP) is 1.95. The van der Waals surface area contributed by atoms with Gasteiger partial charge in [-0.3, -0.25) is 29.2 Å². The summed E-state index contributed by atoms with van der Waals surface area (Å²) in [5, 5.41) is 21.6. The third-order valence-corrected chi connectivity index (χ3v) is 4.09. The first kappa shape index (κ1) is 17.7. The lowest BCUT2D eigenvalue weighted by molar-refractivity contribution is -0.396. The molecule has 0 saturated carbocycles. The van der Waals surface area contributed by atoms with Gasteiger partial charge in [-0.15, -0.1) is 0 Å². The Labute approximate surface area is 128 Å². The van der Waals surface area contributed by atoms with Gasteiger partial charge in [-0.1, -0.05) is 6.92 Å². The number of ether oxygens (including phenoxy) is 1. The number of rotatable bonds is 7. The Bertz CT molecular complexity index is 632. The van der Waals surface area contributed by atoms with Gasteiger partial charge in [0, 0.05) is 6.07 Å². The summed E-state index contributed by atoms with van der Waals surface area (Å²) in [6.45, 7) is 3.46. The fourth-order valence-corrected chi connectivity index (χ4v) is 2.51. The first-order chi connectivity index (χ1) is 10.3. The second kappa shape index (κ2) is 7.59. The number of benzene rings is 1. The second-order valence-corrected chi connectivity index (χ2v) is 5.78. The number of carbonyl (C=O) groups excluding carboxylic acids is 1. The molecule has 0 fully saturated rings. The van der Waals surface area contributed by atoms with Gasteiger partial charge in [0.1, 0.15) is 10.6 Å². The minimum atomic E-state index is -2.02. The number of nitro benzene ring substituents is 2. The van der Waals surface area contributed by atoms with Crippen molar-refractivity contribution in [2.45, 2.75) is 31.3 Å². The Morgan fingerprint density at radius 1 is 1.32 bits per heavy atom. The summed E-state index contributed by atoms with van der Waals surface area (Å²) in [5.41, 5.74) is -1.15. The molecule has 0 unspecified atom stereocenters. The van der Waals surface area contributed by atoms with Crippen LogP contribution in [0.15, 0.2) is 23.1 Å². The van der Waals surface area contributed by atoms with E-state index in [1.54, 1.807) is 13.8 Å². The van der Waals surface area contributed by atoms with Crippen molar-refractivity contribution < 1.29 is 23.6 Å². The molecule has 0 amide bonds. The second-order valence-electron chi connectivity index (χ2n) is 4.36. The zero-order valence-electron chi connectivity index (χ0n) is 11.9. The van der Waals surface area contributed by atoms with Gasteiger partial charge in [-0.2, -0.15) is 0 Å².